The van der Waals surface area contributed by atoms with E-state index in [1.54, 1.807) is 11.8 Å². The number of thioether (sulfide) groups is 1. The first-order chi connectivity index (χ1) is 16.5. The van der Waals surface area contributed by atoms with Crippen molar-refractivity contribution in [2.75, 3.05) is 41.8 Å². The number of H-pyrrole nitrogens is 1. The molecule has 0 bridgehead atoms. The molecule has 9 nitrogen and oxygen atoms in total. The monoisotopic (exact) mass is 482 g/mol. The summed E-state index contributed by atoms with van der Waals surface area (Å²) in [7, 11) is 0. The molecule has 0 amide bonds. The molecule has 1 saturated heterocycles. The Morgan fingerprint density at radius 2 is 1.82 bits per heavy atom. The fourth-order valence-corrected chi connectivity index (χ4v) is 5.39. The number of nitrogens with two attached hydrogens (primary N) is 1. The van der Waals surface area contributed by atoms with E-state index in [4.69, 9.17) is 20.4 Å². The molecule has 0 unspecified atom stereocenters. The van der Waals surface area contributed by atoms with E-state index in [2.05, 4.69) is 63.8 Å². The molecule has 182 valence electrons. The number of ether oxygens (including phenoxy) is 1. The number of anilines is 4. The van der Waals surface area contributed by atoms with Gasteiger partial charge >= 0.3 is 0 Å². The van der Waals surface area contributed by atoms with Crippen LogP contribution in [0.2, 0.25) is 0 Å². The highest BCUT2D eigenvalue weighted by Gasteiger charge is 2.23. The fourth-order valence-electron chi connectivity index (χ4n) is 4.54. The Hall–Kier alpha value is -2.56. The van der Waals surface area contributed by atoms with Crippen LogP contribution in [0.4, 0.5) is 23.1 Å². The number of hydrogen-bond acceptors (Lipinski definition) is 9. The largest absolute Gasteiger partial charge is 0.378 e. The Morgan fingerprint density at radius 1 is 1.09 bits per heavy atom. The lowest BCUT2D eigenvalue weighted by atomic mass is 9.92. The molecule has 0 atom stereocenters. The minimum Gasteiger partial charge on any atom is -0.378 e. The molecular weight excluding hydrogens is 448 g/mol. The first kappa shape index (κ1) is 23.2. The molecule has 1 saturated carbocycles. The number of aromatic amines is 1. The van der Waals surface area contributed by atoms with Crippen LogP contribution in [0.15, 0.2) is 29.3 Å². The molecule has 3 heterocycles. The highest BCUT2D eigenvalue weighted by Crippen LogP contribution is 2.34. The van der Waals surface area contributed by atoms with Gasteiger partial charge in [0, 0.05) is 41.8 Å². The minimum atomic E-state index is 0.308. The predicted octanol–water partition coefficient (Wildman–Crippen LogP) is 4.12. The third-order valence-corrected chi connectivity index (χ3v) is 7.34. The van der Waals surface area contributed by atoms with Gasteiger partial charge in [0.2, 0.25) is 5.95 Å². The Kier molecular flexibility index (Phi) is 7.07. The maximum atomic E-state index is 6.12. The molecule has 0 spiro atoms. The lowest BCUT2D eigenvalue weighted by molar-refractivity contribution is 0.122. The molecule has 2 aromatic heterocycles. The van der Waals surface area contributed by atoms with E-state index in [9.17, 15) is 0 Å². The van der Waals surface area contributed by atoms with E-state index in [1.807, 2.05) is 0 Å². The van der Waals surface area contributed by atoms with E-state index in [1.165, 1.54) is 5.69 Å². The summed E-state index contributed by atoms with van der Waals surface area (Å²) >= 11 is 1.72. The zero-order valence-corrected chi connectivity index (χ0v) is 20.7. The number of rotatable bonds is 7. The predicted molar refractivity (Wildman–Crippen MR) is 139 cm³/mol. The van der Waals surface area contributed by atoms with E-state index in [0.717, 1.165) is 79.6 Å². The van der Waals surface area contributed by atoms with Gasteiger partial charge in [0.15, 0.2) is 5.65 Å². The maximum Gasteiger partial charge on any atom is 0.231 e. The van der Waals surface area contributed by atoms with Gasteiger partial charge in [-0.1, -0.05) is 13.8 Å². The van der Waals surface area contributed by atoms with Gasteiger partial charge in [-0.15, -0.1) is 11.8 Å². The van der Waals surface area contributed by atoms with Crippen LogP contribution in [0.1, 0.15) is 39.5 Å². The van der Waals surface area contributed by atoms with Crippen LogP contribution < -0.4 is 21.3 Å². The summed E-state index contributed by atoms with van der Waals surface area (Å²) in [5, 5.41) is 17.0. The van der Waals surface area contributed by atoms with Crippen LogP contribution in [-0.4, -0.2) is 63.8 Å². The van der Waals surface area contributed by atoms with Gasteiger partial charge in [0.05, 0.1) is 18.6 Å². The van der Waals surface area contributed by atoms with Crippen LogP contribution in [0.5, 0.6) is 0 Å². The standard InChI is InChI=1S/C24H34N8OS/c1-15(2)34-23-20-21(26-17-5-3-16(25)4-6-17)28-24(29-22(20)30-31-23)27-18-7-9-19(10-8-18)32-11-13-33-14-12-32/h7-10,15-17H,3-6,11-14,25H2,1-2H3,(H3,26,27,28,29,30,31). The molecule has 1 aliphatic carbocycles. The van der Waals surface area contributed by atoms with Gasteiger partial charge in [-0.3, -0.25) is 5.10 Å². The van der Waals surface area contributed by atoms with Crippen molar-refractivity contribution in [3.8, 4) is 0 Å². The summed E-state index contributed by atoms with van der Waals surface area (Å²) in [4.78, 5) is 12.0. The molecule has 1 aliphatic heterocycles. The zero-order chi connectivity index (χ0) is 23.5. The number of fused-ring (bicyclic) bond motifs is 1. The van der Waals surface area contributed by atoms with Crippen LogP contribution >= 0.6 is 11.8 Å². The van der Waals surface area contributed by atoms with E-state index in [-0.39, 0.29) is 0 Å². The fraction of sp³-hybridized carbons (Fsp3) is 0.542. The highest BCUT2D eigenvalue weighted by atomic mass is 32.2. The first-order valence-electron chi connectivity index (χ1n) is 12.2. The van der Waals surface area contributed by atoms with E-state index >= 15 is 0 Å². The molecule has 1 aromatic carbocycles. The van der Waals surface area contributed by atoms with Gasteiger partial charge in [0.1, 0.15) is 10.8 Å². The lowest BCUT2D eigenvalue weighted by Gasteiger charge is -2.29. The van der Waals surface area contributed by atoms with Crippen molar-refractivity contribution in [1.82, 2.24) is 20.2 Å². The SMILES string of the molecule is CC(C)Sc1n[nH]c2nc(Nc3ccc(N4CCOCC4)cc3)nc(NC3CCC(N)CC3)c12. The highest BCUT2D eigenvalue weighted by molar-refractivity contribution is 8.00. The van der Waals surface area contributed by atoms with Crippen molar-refractivity contribution in [2.45, 2.75) is 61.9 Å². The minimum absolute atomic E-state index is 0.308. The first-order valence-corrected chi connectivity index (χ1v) is 13.1. The summed E-state index contributed by atoms with van der Waals surface area (Å²) in [6.07, 6.45) is 4.16. The molecule has 5 N–H and O–H groups in total. The Morgan fingerprint density at radius 3 is 2.53 bits per heavy atom. The van der Waals surface area contributed by atoms with Crippen molar-refractivity contribution < 1.29 is 4.74 Å². The van der Waals surface area contributed by atoms with E-state index in [0.29, 0.717) is 23.3 Å². The molecule has 5 rings (SSSR count). The second-order valence-corrected chi connectivity index (χ2v) is 10.9. The third kappa shape index (κ3) is 5.39. The second kappa shape index (κ2) is 10.4. The zero-order valence-electron chi connectivity index (χ0n) is 19.9. The molecule has 2 fully saturated rings. The van der Waals surface area contributed by atoms with Gasteiger partial charge in [-0.25, -0.2) is 0 Å². The van der Waals surface area contributed by atoms with Crippen molar-refractivity contribution in [1.29, 1.82) is 0 Å². The van der Waals surface area contributed by atoms with Crippen molar-refractivity contribution in [2.24, 2.45) is 5.73 Å². The summed E-state index contributed by atoms with van der Waals surface area (Å²) < 4.78 is 5.46. The molecule has 10 heteroatoms. The topological polar surface area (TPSA) is 117 Å². The molecular formula is C24H34N8OS. The summed E-state index contributed by atoms with van der Waals surface area (Å²) in [6, 6.07) is 9.06. The molecule has 0 radical (unpaired) electrons. The van der Waals surface area contributed by atoms with Crippen LogP contribution in [0.3, 0.4) is 0 Å². The van der Waals surface area contributed by atoms with Crippen LogP contribution in [0, 0.1) is 0 Å². The van der Waals surface area contributed by atoms with Gasteiger partial charge in [0.25, 0.3) is 0 Å². The second-order valence-electron chi connectivity index (χ2n) is 9.34. The lowest BCUT2D eigenvalue weighted by Crippen LogP contribution is -2.36. The Bertz CT molecular complexity index is 1090. The molecule has 2 aliphatic rings. The maximum absolute atomic E-state index is 6.12. The summed E-state index contributed by atoms with van der Waals surface area (Å²) in [5.41, 5.74) is 9.00. The number of nitrogens with one attached hydrogen (secondary N) is 3. The van der Waals surface area contributed by atoms with Crippen LogP contribution in [0.25, 0.3) is 11.0 Å². The average Bonchev–Trinajstić information content (AvgIpc) is 3.24. The Balaban J connectivity index is 1.39. The Labute approximate surface area is 204 Å². The molecule has 3 aromatic rings. The van der Waals surface area contributed by atoms with Gasteiger partial charge < -0.3 is 26.0 Å². The van der Waals surface area contributed by atoms with Crippen molar-refractivity contribution in [3.63, 3.8) is 0 Å². The number of morpholine rings is 1. The van der Waals surface area contributed by atoms with Gasteiger partial charge in [-0.05, 0) is 49.9 Å². The smallest absolute Gasteiger partial charge is 0.231 e. The number of benzene rings is 1. The van der Waals surface area contributed by atoms with Crippen molar-refractivity contribution in [3.05, 3.63) is 24.3 Å². The number of nitrogens with zero attached hydrogens (tertiary/aromatic N) is 4. The summed E-state index contributed by atoms with van der Waals surface area (Å²) in [6.45, 7) is 7.72. The quantitative estimate of drug-likeness (QED) is 0.369. The van der Waals surface area contributed by atoms with E-state index < -0.39 is 0 Å². The van der Waals surface area contributed by atoms with Gasteiger partial charge in [-0.2, -0.15) is 15.1 Å². The third-order valence-electron chi connectivity index (χ3n) is 6.35. The normalized spacial score (nSPS) is 21.2. The van der Waals surface area contributed by atoms with Crippen LogP contribution in [-0.2, 0) is 4.74 Å². The summed E-state index contributed by atoms with van der Waals surface area (Å²) in [5.74, 6) is 1.38. The van der Waals surface area contributed by atoms with Crippen molar-refractivity contribution >= 4 is 45.9 Å². The average molecular weight is 483 g/mol. The number of hydrogen-bond donors (Lipinski definition) is 4. The molecule has 34 heavy (non-hydrogen) atoms. The number of aromatic nitrogens is 4.